The van der Waals surface area contributed by atoms with E-state index in [9.17, 15) is 19.2 Å². The lowest BCUT2D eigenvalue weighted by atomic mass is 10.00. The smallest absolute Gasteiger partial charge is 0.243 e. The highest BCUT2D eigenvalue weighted by Gasteiger charge is 2.28. The van der Waals surface area contributed by atoms with Crippen LogP contribution >= 0.6 is 0 Å². The topological polar surface area (TPSA) is 156 Å². The highest BCUT2D eigenvalue weighted by Crippen LogP contribution is 2.07. The fourth-order valence-electron chi connectivity index (χ4n) is 3.16. The molecule has 0 saturated heterocycles. The van der Waals surface area contributed by atoms with Crippen LogP contribution in [0.1, 0.15) is 52.0 Å². The molecular weight excluding hydrogens is 422 g/mol. The molecule has 0 heterocycles. The number of nitrogens with one attached hydrogen (secondary N) is 3. The van der Waals surface area contributed by atoms with Gasteiger partial charge in [-0.3, -0.25) is 19.2 Å². The number of benzene rings is 1. The summed E-state index contributed by atoms with van der Waals surface area (Å²) in [6.07, 6.45) is 4.69. The Morgan fingerprint density at radius 2 is 1.64 bits per heavy atom. The first kappa shape index (κ1) is 28.3. The summed E-state index contributed by atoms with van der Waals surface area (Å²) in [6, 6.07) is 5.88. The molecule has 5 unspecified atom stereocenters. The van der Waals surface area contributed by atoms with E-state index in [4.69, 9.17) is 11.5 Å². The number of nitrogens with two attached hydrogens (primary N) is 2. The normalized spacial score (nSPS) is 15.4. The van der Waals surface area contributed by atoms with Crippen LogP contribution in [0.3, 0.4) is 0 Å². The number of amides is 3. The predicted octanol–water partition coefficient (Wildman–Crippen LogP) is 0.316. The third-order valence-electron chi connectivity index (χ3n) is 5.61. The molecule has 1 radical (unpaired) electrons. The fourth-order valence-corrected chi connectivity index (χ4v) is 3.16. The number of hydrogen-bond donors (Lipinski definition) is 5. The summed E-state index contributed by atoms with van der Waals surface area (Å²) in [4.78, 5) is 49.3. The van der Waals surface area contributed by atoms with Gasteiger partial charge in [-0.25, -0.2) is 0 Å². The van der Waals surface area contributed by atoms with Crippen molar-refractivity contribution in [3.8, 4) is 0 Å². The quantitative estimate of drug-likeness (QED) is 0.237. The van der Waals surface area contributed by atoms with Gasteiger partial charge in [0.05, 0.1) is 12.1 Å². The molecule has 0 aromatic heterocycles. The third kappa shape index (κ3) is 10.1. The summed E-state index contributed by atoms with van der Waals surface area (Å²) in [7, 11) is 0. The van der Waals surface area contributed by atoms with E-state index >= 15 is 0 Å². The van der Waals surface area contributed by atoms with E-state index in [0.717, 1.165) is 12.0 Å². The summed E-state index contributed by atoms with van der Waals surface area (Å²) in [5, 5.41) is 7.95. The zero-order chi connectivity index (χ0) is 24.8. The molecule has 1 rings (SSSR count). The Morgan fingerprint density at radius 1 is 0.970 bits per heavy atom. The van der Waals surface area contributed by atoms with E-state index in [1.54, 1.807) is 0 Å². The second kappa shape index (κ2) is 15.1. The van der Waals surface area contributed by atoms with Gasteiger partial charge in [-0.2, -0.15) is 0 Å². The maximum absolute atomic E-state index is 13.0. The summed E-state index contributed by atoms with van der Waals surface area (Å²) in [6.45, 7) is 5.78. The highest BCUT2D eigenvalue weighted by atomic mass is 16.2. The molecule has 0 aliphatic carbocycles. The second-order valence-corrected chi connectivity index (χ2v) is 8.36. The Labute approximate surface area is 196 Å². The maximum atomic E-state index is 13.0. The van der Waals surface area contributed by atoms with Crippen molar-refractivity contribution in [2.24, 2.45) is 17.4 Å². The minimum atomic E-state index is -0.918. The van der Waals surface area contributed by atoms with Crippen LogP contribution in [0.4, 0.5) is 0 Å². The number of rotatable bonds is 15. The van der Waals surface area contributed by atoms with Gasteiger partial charge < -0.3 is 27.4 Å². The summed E-state index contributed by atoms with van der Waals surface area (Å²) >= 11 is 0. The zero-order valence-corrected chi connectivity index (χ0v) is 19.8. The first-order valence-corrected chi connectivity index (χ1v) is 11.5. The van der Waals surface area contributed by atoms with Crippen LogP contribution in [-0.2, 0) is 25.6 Å². The van der Waals surface area contributed by atoms with Gasteiger partial charge in [0.25, 0.3) is 0 Å². The summed E-state index contributed by atoms with van der Waals surface area (Å²) in [5.41, 5.74) is 12.3. The molecule has 0 fully saturated rings. The SMILES string of the molecule is CCC(C)C([C]=O)NC(=O)C(C)NC(=O)C(Cc1ccccc1)NC(=O)C(N)CCCCN. The van der Waals surface area contributed by atoms with Crippen molar-refractivity contribution < 1.29 is 19.2 Å². The Kier molecular flexibility index (Phi) is 13.0. The minimum absolute atomic E-state index is 0.0831. The molecule has 3 amide bonds. The molecule has 0 aliphatic rings. The number of unbranched alkanes of at least 4 members (excludes halogenated alkanes) is 1. The molecular formula is C24H38N5O4. The number of carbonyl (C=O) groups is 3. The van der Waals surface area contributed by atoms with Crippen molar-refractivity contribution in [2.45, 2.75) is 77.0 Å². The second-order valence-electron chi connectivity index (χ2n) is 8.36. The number of carbonyl (C=O) groups excluding carboxylic acids is 4. The number of hydrogen-bond acceptors (Lipinski definition) is 6. The average molecular weight is 461 g/mol. The van der Waals surface area contributed by atoms with Gasteiger partial charge >= 0.3 is 0 Å². The highest BCUT2D eigenvalue weighted by molar-refractivity contribution is 5.93. The van der Waals surface area contributed by atoms with E-state index in [2.05, 4.69) is 16.0 Å². The predicted molar refractivity (Wildman–Crippen MR) is 128 cm³/mol. The molecule has 0 saturated carbocycles. The molecule has 7 N–H and O–H groups in total. The summed E-state index contributed by atoms with van der Waals surface area (Å²) in [5.74, 6) is -1.53. The largest absolute Gasteiger partial charge is 0.344 e. The lowest BCUT2D eigenvalue weighted by molar-refractivity contribution is -0.132. The maximum Gasteiger partial charge on any atom is 0.243 e. The van der Waals surface area contributed by atoms with Gasteiger partial charge in [0.15, 0.2) is 0 Å². The lowest BCUT2D eigenvalue weighted by Gasteiger charge is -2.24. The van der Waals surface area contributed by atoms with E-state index in [0.29, 0.717) is 25.8 Å². The van der Waals surface area contributed by atoms with Gasteiger partial charge in [0.1, 0.15) is 12.1 Å². The summed E-state index contributed by atoms with van der Waals surface area (Å²) < 4.78 is 0. The van der Waals surface area contributed by atoms with E-state index < -0.39 is 41.9 Å². The average Bonchev–Trinajstić information content (AvgIpc) is 2.81. The van der Waals surface area contributed by atoms with E-state index in [1.807, 2.05) is 50.5 Å². The van der Waals surface area contributed by atoms with Crippen LogP contribution in [0.15, 0.2) is 30.3 Å². The van der Waals surface area contributed by atoms with Crippen LogP contribution in [0.2, 0.25) is 0 Å². The van der Waals surface area contributed by atoms with Crippen LogP contribution in [0.25, 0.3) is 0 Å². The lowest BCUT2D eigenvalue weighted by Crippen LogP contribution is -2.56. The first-order valence-electron chi connectivity index (χ1n) is 11.5. The van der Waals surface area contributed by atoms with Crippen LogP contribution in [0, 0.1) is 5.92 Å². The minimum Gasteiger partial charge on any atom is -0.344 e. The van der Waals surface area contributed by atoms with E-state index in [-0.39, 0.29) is 12.3 Å². The molecule has 1 aromatic rings. The van der Waals surface area contributed by atoms with Crippen molar-refractivity contribution in [1.29, 1.82) is 0 Å². The molecule has 5 atom stereocenters. The van der Waals surface area contributed by atoms with Crippen molar-refractivity contribution in [3.05, 3.63) is 35.9 Å². The van der Waals surface area contributed by atoms with Gasteiger partial charge in [-0.05, 0) is 37.8 Å². The van der Waals surface area contributed by atoms with Gasteiger partial charge in [-0.15, -0.1) is 0 Å². The standard InChI is InChI=1S/C24H38N5O4/c1-4-16(2)21(15-30)29-22(31)17(3)27-24(33)20(14-18-10-6-5-7-11-18)28-23(32)19(26)12-8-9-13-25/h5-7,10-11,16-17,19-21H,4,8-9,12-14,25-26H2,1-3H3,(H,27,33)(H,28,32)(H,29,31). The Bertz CT molecular complexity index is 758. The molecule has 33 heavy (non-hydrogen) atoms. The molecule has 0 bridgehead atoms. The Balaban J connectivity index is 2.84. The van der Waals surface area contributed by atoms with Crippen molar-refractivity contribution in [2.75, 3.05) is 6.54 Å². The van der Waals surface area contributed by atoms with Gasteiger partial charge in [0.2, 0.25) is 24.0 Å². The Hall–Kier alpha value is -2.78. The molecule has 9 nitrogen and oxygen atoms in total. The zero-order valence-electron chi connectivity index (χ0n) is 19.8. The van der Waals surface area contributed by atoms with Crippen LogP contribution in [0.5, 0.6) is 0 Å². The molecule has 1 aromatic carbocycles. The van der Waals surface area contributed by atoms with Crippen molar-refractivity contribution in [1.82, 2.24) is 16.0 Å². The van der Waals surface area contributed by atoms with Crippen LogP contribution in [-0.4, -0.2) is 54.7 Å². The molecule has 0 aliphatic heterocycles. The first-order chi connectivity index (χ1) is 15.7. The van der Waals surface area contributed by atoms with Crippen molar-refractivity contribution in [3.63, 3.8) is 0 Å². The molecule has 0 spiro atoms. The van der Waals surface area contributed by atoms with Crippen LogP contribution < -0.4 is 27.4 Å². The molecule has 9 heteroatoms. The third-order valence-corrected chi connectivity index (χ3v) is 5.61. The van der Waals surface area contributed by atoms with E-state index in [1.165, 1.54) is 6.92 Å². The molecule has 183 valence electrons. The fraction of sp³-hybridized carbons (Fsp3) is 0.583. The van der Waals surface area contributed by atoms with Gasteiger partial charge in [-0.1, -0.05) is 57.0 Å². The monoisotopic (exact) mass is 460 g/mol. The van der Waals surface area contributed by atoms with Gasteiger partial charge in [0, 0.05) is 6.42 Å². The van der Waals surface area contributed by atoms with Crippen molar-refractivity contribution >= 4 is 24.0 Å². The Morgan fingerprint density at radius 3 is 2.21 bits per heavy atom.